The van der Waals surface area contributed by atoms with Crippen LogP contribution in [-0.4, -0.2) is 41.1 Å². The van der Waals surface area contributed by atoms with Gasteiger partial charge in [0.2, 0.25) is 0 Å². The van der Waals surface area contributed by atoms with E-state index in [1.54, 1.807) is 0 Å². The van der Waals surface area contributed by atoms with Crippen molar-refractivity contribution in [3.63, 3.8) is 0 Å². The highest BCUT2D eigenvalue weighted by Crippen LogP contribution is 2.36. The zero-order chi connectivity index (χ0) is 16.5. The Kier molecular flexibility index (Phi) is 3.86. The third kappa shape index (κ3) is 2.51. The fraction of sp³-hybridized carbons (Fsp3) is 0.316. The van der Waals surface area contributed by atoms with Gasteiger partial charge in [0.1, 0.15) is 0 Å². The van der Waals surface area contributed by atoms with Gasteiger partial charge in [-0.05, 0) is 26.0 Å². The quantitative estimate of drug-likeness (QED) is 0.804. The number of anilines is 1. The molecule has 1 saturated heterocycles. The van der Waals surface area contributed by atoms with Gasteiger partial charge in [0.05, 0.1) is 30.3 Å². The maximum Gasteiger partial charge on any atom is 0.0680 e. The number of ether oxygens (including phenoxy) is 1. The molecular formula is C19H22N4O. The zero-order valence-corrected chi connectivity index (χ0v) is 14.1. The molecule has 0 radical (unpaired) electrons. The third-order valence-corrected chi connectivity index (χ3v) is 4.64. The van der Waals surface area contributed by atoms with Crippen molar-refractivity contribution in [1.29, 1.82) is 0 Å². The first kappa shape index (κ1) is 15.0. The van der Waals surface area contributed by atoms with Crippen LogP contribution < -0.4 is 4.90 Å². The number of morpholine rings is 1. The second-order valence-electron chi connectivity index (χ2n) is 6.15. The van der Waals surface area contributed by atoms with Crippen LogP contribution in [0.5, 0.6) is 0 Å². The fourth-order valence-electron chi connectivity index (χ4n) is 3.47. The molecule has 0 amide bonds. The van der Waals surface area contributed by atoms with E-state index in [9.17, 15) is 0 Å². The summed E-state index contributed by atoms with van der Waals surface area (Å²) in [6, 6.07) is 10.3. The molecule has 124 valence electrons. The molecule has 3 heterocycles. The summed E-state index contributed by atoms with van der Waals surface area (Å²) in [5, 5.41) is 4.78. The minimum Gasteiger partial charge on any atom is -0.378 e. The maximum absolute atomic E-state index is 5.48. The minimum atomic E-state index is 0.784. The standard InChI is InChI=1S/C19H22N4O/c1-14-19(15(2)23(21-14)16-6-4-3-5-7-16)17-12-20-13-18(17)22-8-10-24-11-9-22/h3-7,12-13,20H,8-11H2,1-2H3. The Hall–Kier alpha value is -2.53. The van der Waals surface area contributed by atoms with Crippen LogP contribution in [0.3, 0.4) is 0 Å². The number of hydrogen-bond acceptors (Lipinski definition) is 3. The van der Waals surface area contributed by atoms with E-state index in [-0.39, 0.29) is 0 Å². The topological polar surface area (TPSA) is 46.1 Å². The van der Waals surface area contributed by atoms with Crippen LogP contribution in [0.25, 0.3) is 16.8 Å². The summed E-state index contributed by atoms with van der Waals surface area (Å²) >= 11 is 0. The summed E-state index contributed by atoms with van der Waals surface area (Å²) in [7, 11) is 0. The van der Waals surface area contributed by atoms with Crippen molar-refractivity contribution in [1.82, 2.24) is 14.8 Å². The van der Waals surface area contributed by atoms with Crippen molar-refractivity contribution >= 4 is 5.69 Å². The average molecular weight is 322 g/mol. The van der Waals surface area contributed by atoms with Gasteiger partial charge in [0, 0.05) is 42.3 Å². The van der Waals surface area contributed by atoms with Crippen LogP contribution in [0.1, 0.15) is 11.4 Å². The van der Waals surface area contributed by atoms with Crippen LogP contribution >= 0.6 is 0 Å². The molecule has 4 rings (SSSR count). The van der Waals surface area contributed by atoms with Crippen molar-refractivity contribution in [3.8, 4) is 16.8 Å². The number of para-hydroxylation sites is 1. The Balaban J connectivity index is 1.78. The summed E-state index contributed by atoms with van der Waals surface area (Å²) in [6.07, 6.45) is 4.16. The predicted molar refractivity (Wildman–Crippen MR) is 95.9 cm³/mol. The van der Waals surface area contributed by atoms with Crippen molar-refractivity contribution in [3.05, 3.63) is 54.1 Å². The first-order valence-electron chi connectivity index (χ1n) is 8.37. The van der Waals surface area contributed by atoms with Crippen molar-refractivity contribution in [2.45, 2.75) is 13.8 Å². The largest absolute Gasteiger partial charge is 0.378 e. The van der Waals surface area contributed by atoms with E-state index in [0.717, 1.165) is 43.4 Å². The van der Waals surface area contributed by atoms with E-state index >= 15 is 0 Å². The highest BCUT2D eigenvalue weighted by atomic mass is 16.5. The van der Waals surface area contributed by atoms with Crippen molar-refractivity contribution in [2.75, 3.05) is 31.2 Å². The van der Waals surface area contributed by atoms with Gasteiger partial charge in [-0.2, -0.15) is 5.10 Å². The lowest BCUT2D eigenvalue weighted by Gasteiger charge is -2.29. The molecule has 0 saturated carbocycles. The molecule has 1 aliphatic heterocycles. The molecule has 5 nitrogen and oxygen atoms in total. The number of nitrogens with zero attached hydrogens (tertiary/aromatic N) is 3. The molecule has 0 spiro atoms. The molecule has 1 aromatic carbocycles. The smallest absolute Gasteiger partial charge is 0.0680 e. The van der Waals surface area contributed by atoms with Crippen molar-refractivity contribution < 1.29 is 4.74 Å². The number of H-pyrrole nitrogens is 1. The van der Waals surface area contributed by atoms with E-state index in [1.165, 1.54) is 16.8 Å². The van der Waals surface area contributed by atoms with Gasteiger partial charge in [0.25, 0.3) is 0 Å². The van der Waals surface area contributed by atoms with E-state index in [1.807, 2.05) is 22.9 Å². The molecule has 0 unspecified atom stereocenters. The minimum absolute atomic E-state index is 0.784. The normalized spacial score (nSPS) is 15.0. The van der Waals surface area contributed by atoms with Crippen LogP contribution in [-0.2, 0) is 4.74 Å². The molecule has 5 heteroatoms. The Morgan fingerprint density at radius 1 is 1.04 bits per heavy atom. The second kappa shape index (κ2) is 6.17. The second-order valence-corrected chi connectivity index (χ2v) is 6.15. The predicted octanol–water partition coefficient (Wildman–Crippen LogP) is 3.32. The van der Waals surface area contributed by atoms with Gasteiger partial charge < -0.3 is 14.6 Å². The lowest BCUT2D eigenvalue weighted by molar-refractivity contribution is 0.123. The zero-order valence-electron chi connectivity index (χ0n) is 14.1. The van der Waals surface area contributed by atoms with Crippen LogP contribution in [0.4, 0.5) is 5.69 Å². The van der Waals surface area contributed by atoms with E-state index < -0.39 is 0 Å². The third-order valence-electron chi connectivity index (χ3n) is 4.64. The monoisotopic (exact) mass is 322 g/mol. The summed E-state index contributed by atoms with van der Waals surface area (Å²) < 4.78 is 7.51. The SMILES string of the molecule is Cc1nn(-c2ccccc2)c(C)c1-c1c[nH]cc1N1CCOCC1. The van der Waals surface area contributed by atoms with Gasteiger partial charge in [-0.1, -0.05) is 18.2 Å². The first-order chi connectivity index (χ1) is 11.8. The average Bonchev–Trinajstić information content (AvgIpc) is 3.21. The summed E-state index contributed by atoms with van der Waals surface area (Å²) in [5.74, 6) is 0. The number of benzene rings is 1. The summed E-state index contributed by atoms with van der Waals surface area (Å²) in [5.41, 5.74) is 6.96. The Bertz CT molecular complexity index is 828. The summed E-state index contributed by atoms with van der Waals surface area (Å²) in [4.78, 5) is 5.66. The number of rotatable bonds is 3. The molecule has 3 aromatic rings. The molecule has 1 aliphatic rings. The number of aromatic amines is 1. The van der Waals surface area contributed by atoms with Gasteiger partial charge in [0.15, 0.2) is 0 Å². The number of nitrogens with one attached hydrogen (secondary N) is 1. The molecule has 0 atom stereocenters. The molecule has 0 bridgehead atoms. The van der Waals surface area contributed by atoms with Crippen LogP contribution in [0, 0.1) is 13.8 Å². The molecule has 2 aromatic heterocycles. The number of aromatic nitrogens is 3. The Morgan fingerprint density at radius 3 is 2.54 bits per heavy atom. The highest BCUT2D eigenvalue weighted by Gasteiger charge is 2.21. The first-order valence-corrected chi connectivity index (χ1v) is 8.37. The van der Waals surface area contributed by atoms with Gasteiger partial charge >= 0.3 is 0 Å². The lowest BCUT2D eigenvalue weighted by Crippen LogP contribution is -2.36. The van der Waals surface area contributed by atoms with Gasteiger partial charge in [-0.15, -0.1) is 0 Å². The molecular weight excluding hydrogens is 300 g/mol. The molecule has 0 aliphatic carbocycles. The molecule has 1 N–H and O–H groups in total. The molecule has 1 fully saturated rings. The Morgan fingerprint density at radius 2 is 1.79 bits per heavy atom. The maximum atomic E-state index is 5.48. The molecule has 24 heavy (non-hydrogen) atoms. The fourth-order valence-corrected chi connectivity index (χ4v) is 3.47. The number of hydrogen-bond donors (Lipinski definition) is 1. The lowest BCUT2D eigenvalue weighted by atomic mass is 10.0. The van der Waals surface area contributed by atoms with Crippen molar-refractivity contribution in [2.24, 2.45) is 0 Å². The van der Waals surface area contributed by atoms with E-state index in [4.69, 9.17) is 9.84 Å². The Labute approximate surface area is 141 Å². The van der Waals surface area contributed by atoms with Crippen LogP contribution in [0.15, 0.2) is 42.7 Å². The van der Waals surface area contributed by atoms with E-state index in [0.29, 0.717) is 0 Å². The number of aryl methyl sites for hydroxylation is 1. The van der Waals surface area contributed by atoms with Crippen LogP contribution in [0.2, 0.25) is 0 Å². The summed E-state index contributed by atoms with van der Waals surface area (Å²) in [6.45, 7) is 7.64. The van der Waals surface area contributed by atoms with Gasteiger partial charge in [-0.25, -0.2) is 4.68 Å². The van der Waals surface area contributed by atoms with E-state index in [2.05, 4.69) is 48.3 Å². The highest BCUT2D eigenvalue weighted by molar-refractivity contribution is 5.81. The van der Waals surface area contributed by atoms with Gasteiger partial charge in [-0.3, -0.25) is 0 Å².